The summed E-state index contributed by atoms with van der Waals surface area (Å²) in [5.74, 6) is 1.74. The molecule has 1 rings (SSSR count). The van der Waals surface area contributed by atoms with Crippen LogP contribution in [0.5, 0.6) is 0 Å². The molecule has 1 aliphatic rings. The van der Waals surface area contributed by atoms with Crippen molar-refractivity contribution in [3.63, 3.8) is 0 Å². The van der Waals surface area contributed by atoms with Crippen LogP contribution in [0.1, 0.15) is 26.7 Å². The second kappa shape index (κ2) is 5.69. The van der Waals surface area contributed by atoms with E-state index in [1.165, 1.54) is 12.8 Å². The van der Waals surface area contributed by atoms with Gasteiger partial charge in [-0.1, -0.05) is 13.8 Å². The molecule has 0 aromatic carbocycles. The van der Waals surface area contributed by atoms with Crippen LogP contribution in [-0.4, -0.2) is 33.1 Å². The Morgan fingerprint density at radius 2 is 1.79 bits per heavy atom. The summed E-state index contributed by atoms with van der Waals surface area (Å²) in [6, 6.07) is 0.676. The van der Waals surface area contributed by atoms with Gasteiger partial charge in [-0.25, -0.2) is 0 Å². The normalized spacial score (nSPS) is 27.0. The van der Waals surface area contributed by atoms with E-state index in [4.69, 9.17) is 9.47 Å². The van der Waals surface area contributed by atoms with Gasteiger partial charge in [-0.2, -0.15) is 0 Å². The van der Waals surface area contributed by atoms with Crippen molar-refractivity contribution in [3.8, 4) is 0 Å². The average molecular weight is 201 g/mol. The van der Waals surface area contributed by atoms with Crippen LogP contribution in [-0.2, 0) is 9.47 Å². The largest absolute Gasteiger partial charge is 0.355 e. The molecule has 0 heterocycles. The van der Waals surface area contributed by atoms with Crippen LogP contribution in [0.3, 0.4) is 0 Å². The minimum Gasteiger partial charge on any atom is -0.355 e. The first kappa shape index (κ1) is 12.0. The summed E-state index contributed by atoms with van der Waals surface area (Å²) in [7, 11) is 3.35. The summed E-state index contributed by atoms with van der Waals surface area (Å²) < 4.78 is 10.2. The molecule has 0 aromatic heterocycles. The lowest BCUT2D eigenvalue weighted by Crippen LogP contribution is -2.46. The van der Waals surface area contributed by atoms with Crippen molar-refractivity contribution in [1.82, 2.24) is 5.32 Å². The highest BCUT2D eigenvalue weighted by Gasteiger charge is 2.30. The van der Waals surface area contributed by atoms with Crippen molar-refractivity contribution in [1.29, 1.82) is 0 Å². The van der Waals surface area contributed by atoms with E-state index in [9.17, 15) is 0 Å². The Kier molecular flexibility index (Phi) is 4.85. The number of hydrogen-bond acceptors (Lipinski definition) is 3. The fourth-order valence-electron chi connectivity index (χ4n) is 1.90. The zero-order chi connectivity index (χ0) is 10.6. The lowest BCUT2D eigenvalue weighted by Gasteiger charge is -2.39. The first-order valence-corrected chi connectivity index (χ1v) is 5.46. The monoisotopic (exact) mass is 201 g/mol. The maximum absolute atomic E-state index is 5.11. The Morgan fingerprint density at radius 1 is 1.21 bits per heavy atom. The third-order valence-electron chi connectivity index (χ3n) is 3.22. The molecule has 1 aliphatic carbocycles. The molecule has 0 atom stereocenters. The predicted octanol–water partition coefficient (Wildman–Crippen LogP) is 1.63. The maximum atomic E-state index is 5.11. The smallest absolute Gasteiger partial charge is 0.169 e. The van der Waals surface area contributed by atoms with Crippen LogP contribution in [0.25, 0.3) is 0 Å². The Balaban J connectivity index is 2.05. The van der Waals surface area contributed by atoms with E-state index in [1.54, 1.807) is 14.2 Å². The number of nitrogens with one attached hydrogen (secondary N) is 1. The van der Waals surface area contributed by atoms with E-state index in [1.807, 2.05) is 0 Å². The van der Waals surface area contributed by atoms with Crippen LogP contribution in [0.4, 0.5) is 0 Å². The second-order valence-electron chi connectivity index (χ2n) is 4.48. The van der Waals surface area contributed by atoms with Gasteiger partial charge < -0.3 is 14.8 Å². The molecular weight excluding hydrogens is 178 g/mol. The molecule has 0 aliphatic heterocycles. The Hall–Kier alpha value is -0.120. The fraction of sp³-hybridized carbons (Fsp3) is 1.00. The minimum absolute atomic E-state index is 0.104. The first-order chi connectivity index (χ1) is 6.67. The van der Waals surface area contributed by atoms with Crippen molar-refractivity contribution in [2.75, 3.05) is 20.8 Å². The summed E-state index contributed by atoms with van der Waals surface area (Å²) in [6.07, 6.45) is 2.50. The zero-order valence-electron chi connectivity index (χ0n) is 9.75. The van der Waals surface area contributed by atoms with Gasteiger partial charge in [-0.15, -0.1) is 0 Å². The molecule has 0 bridgehead atoms. The fourth-order valence-corrected chi connectivity index (χ4v) is 1.90. The van der Waals surface area contributed by atoms with Crippen LogP contribution in [0.2, 0.25) is 0 Å². The third-order valence-corrected chi connectivity index (χ3v) is 3.22. The van der Waals surface area contributed by atoms with Crippen molar-refractivity contribution in [3.05, 3.63) is 0 Å². The highest BCUT2D eigenvalue weighted by atomic mass is 16.7. The molecule has 3 heteroatoms. The number of rotatable bonds is 6. The quantitative estimate of drug-likeness (QED) is 0.663. The number of ether oxygens (including phenoxy) is 2. The van der Waals surface area contributed by atoms with Crippen LogP contribution >= 0.6 is 0 Å². The molecule has 14 heavy (non-hydrogen) atoms. The van der Waals surface area contributed by atoms with Gasteiger partial charge in [0, 0.05) is 26.8 Å². The van der Waals surface area contributed by atoms with E-state index in [0.29, 0.717) is 6.04 Å². The molecule has 1 saturated carbocycles. The molecule has 0 saturated heterocycles. The van der Waals surface area contributed by atoms with Crippen molar-refractivity contribution >= 4 is 0 Å². The number of methoxy groups -OCH3 is 2. The van der Waals surface area contributed by atoms with Gasteiger partial charge >= 0.3 is 0 Å². The van der Waals surface area contributed by atoms with Crippen molar-refractivity contribution in [2.24, 2.45) is 11.8 Å². The first-order valence-electron chi connectivity index (χ1n) is 5.46. The Morgan fingerprint density at radius 3 is 2.21 bits per heavy atom. The second-order valence-corrected chi connectivity index (χ2v) is 4.48. The summed E-state index contributed by atoms with van der Waals surface area (Å²) in [4.78, 5) is 0. The van der Waals surface area contributed by atoms with E-state index >= 15 is 0 Å². The Bertz CT molecular complexity index is 151. The summed E-state index contributed by atoms with van der Waals surface area (Å²) in [5.41, 5.74) is 0. The topological polar surface area (TPSA) is 30.5 Å². The molecule has 1 fully saturated rings. The lowest BCUT2D eigenvalue weighted by atomic mass is 9.74. The molecule has 3 nitrogen and oxygen atoms in total. The maximum Gasteiger partial charge on any atom is 0.169 e. The molecule has 0 spiro atoms. The highest BCUT2D eigenvalue weighted by Crippen LogP contribution is 2.33. The molecule has 0 aromatic rings. The van der Waals surface area contributed by atoms with E-state index in [2.05, 4.69) is 19.2 Å². The lowest BCUT2D eigenvalue weighted by molar-refractivity contribution is -0.102. The summed E-state index contributed by atoms with van der Waals surface area (Å²) in [5, 5.41) is 3.46. The molecule has 0 radical (unpaired) electrons. The average Bonchev–Trinajstić information content (AvgIpc) is 2.08. The standard InChI is InChI=1S/C11H23NO2/c1-8(2)9-5-10(6-9)12-7-11(13-3)14-4/h8-12H,5-7H2,1-4H3. The van der Waals surface area contributed by atoms with Gasteiger partial charge in [0.1, 0.15) is 0 Å². The Labute approximate surface area is 87.2 Å². The predicted molar refractivity (Wildman–Crippen MR) is 57.2 cm³/mol. The zero-order valence-corrected chi connectivity index (χ0v) is 9.75. The molecule has 0 amide bonds. The van der Waals surface area contributed by atoms with E-state index in [-0.39, 0.29) is 6.29 Å². The SMILES string of the molecule is COC(CNC1CC(C(C)C)C1)OC. The minimum atomic E-state index is -0.104. The van der Waals surface area contributed by atoms with Gasteiger partial charge in [-0.3, -0.25) is 0 Å². The molecule has 1 N–H and O–H groups in total. The van der Waals surface area contributed by atoms with Crippen LogP contribution in [0, 0.1) is 11.8 Å². The molecular formula is C11H23NO2. The van der Waals surface area contributed by atoms with E-state index in [0.717, 1.165) is 18.4 Å². The van der Waals surface area contributed by atoms with Crippen molar-refractivity contribution < 1.29 is 9.47 Å². The third kappa shape index (κ3) is 3.23. The summed E-state index contributed by atoms with van der Waals surface area (Å²) >= 11 is 0. The van der Waals surface area contributed by atoms with Gasteiger partial charge in [0.15, 0.2) is 6.29 Å². The highest BCUT2D eigenvalue weighted by molar-refractivity contribution is 4.86. The summed E-state index contributed by atoms with van der Waals surface area (Å²) in [6.45, 7) is 5.39. The van der Waals surface area contributed by atoms with Gasteiger partial charge in [-0.05, 0) is 24.7 Å². The van der Waals surface area contributed by atoms with Gasteiger partial charge in [0.05, 0.1) is 0 Å². The van der Waals surface area contributed by atoms with E-state index < -0.39 is 0 Å². The van der Waals surface area contributed by atoms with Gasteiger partial charge in [0.25, 0.3) is 0 Å². The van der Waals surface area contributed by atoms with Gasteiger partial charge in [0.2, 0.25) is 0 Å². The number of hydrogen-bond donors (Lipinski definition) is 1. The van der Waals surface area contributed by atoms with Crippen LogP contribution < -0.4 is 5.32 Å². The van der Waals surface area contributed by atoms with Crippen LogP contribution in [0.15, 0.2) is 0 Å². The van der Waals surface area contributed by atoms with Crippen molar-refractivity contribution in [2.45, 2.75) is 39.0 Å². The molecule has 84 valence electrons. The molecule has 0 unspecified atom stereocenters.